The predicted octanol–water partition coefficient (Wildman–Crippen LogP) is 3.53. The first-order valence-corrected chi connectivity index (χ1v) is 15.4. The van der Waals surface area contributed by atoms with E-state index in [-0.39, 0.29) is 23.6 Å². The number of carbonyl (C=O) groups is 4. The minimum absolute atomic E-state index is 0.196. The number of nitrogens with zero attached hydrogens (tertiary/aromatic N) is 1. The van der Waals surface area contributed by atoms with Crippen LogP contribution in [0.25, 0.3) is 0 Å². The molecule has 4 N–H and O–H groups in total. The first-order valence-electron chi connectivity index (χ1n) is 13.9. The zero-order chi connectivity index (χ0) is 30.1. The Hall–Kier alpha value is -2.63. The molecule has 2 rings (SSSR count). The second-order valence-electron chi connectivity index (χ2n) is 10.7. The summed E-state index contributed by atoms with van der Waals surface area (Å²) in [5.41, 5.74) is 4.61. The van der Waals surface area contributed by atoms with Crippen molar-refractivity contribution in [3.63, 3.8) is 0 Å². The maximum atomic E-state index is 11.9. The Bertz CT molecular complexity index is 896. The van der Waals surface area contributed by atoms with E-state index in [1.807, 2.05) is 13.0 Å². The summed E-state index contributed by atoms with van der Waals surface area (Å²) in [7, 11) is -3.32. The summed E-state index contributed by atoms with van der Waals surface area (Å²) >= 11 is 0. The monoisotopic (exact) mass is 574 g/mol. The van der Waals surface area contributed by atoms with E-state index in [0.717, 1.165) is 19.3 Å². The number of hydrogen-bond acceptors (Lipinski definition) is 7. The van der Waals surface area contributed by atoms with Crippen molar-refractivity contribution >= 4 is 33.8 Å². The van der Waals surface area contributed by atoms with Gasteiger partial charge in [-0.15, -0.1) is 6.58 Å². The number of carbonyl (C=O) groups excluding carboxylic acids is 4. The highest BCUT2D eigenvalue weighted by Crippen LogP contribution is 2.27. The van der Waals surface area contributed by atoms with Gasteiger partial charge < -0.3 is 20.7 Å². The maximum absolute atomic E-state index is 11.9. The lowest BCUT2D eigenvalue weighted by molar-refractivity contribution is -0.136. The summed E-state index contributed by atoms with van der Waals surface area (Å²) in [4.78, 5) is 46.9. The van der Waals surface area contributed by atoms with Gasteiger partial charge in [0.1, 0.15) is 18.2 Å². The topological polar surface area (TPSA) is 165 Å². The van der Waals surface area contributed by atoms with Crippen LogP contribution in [0.5, 0.6) is 0 Å². The third kappa shape index (κ3) is 17.6. The Labute approximate surface area is 234 Å². The SMILES string of the molecule is C=CCCCCC.CC(C)(C)OC(=O)NCC(=O)N1CCCC1C(N)=O.CCCCC(=O)NS(=O)(=O)C1CC1. The van der Waals surface area contributed by atoms with Crippen LogP contribution in [0.2, 0.25) is 0 Å². The zero-order valence-electron chi connectivity index (χ0n) is 24.4. The van der Waals surface area contributed by atoms with Crippen molar-refractivity contribution in [1.82, 2.24) is 14.9 Å². The van der Waals surface area contributed by atoms with Crippen LogP contribution < -0.4 is 15.8 Å². The van der Waals surface area contributed by atoms with Crippen LogP contribution in [0.4, 0.5) is 4.79 Å². The van der Waals surface area contributed by atoms with Gasteiger partial charge >= 0.3 is 6.09 Å². The first kappa shape index (κ1) is 36.4. The van der Waals surface area contributed by atoms with Crippen molar-refractivity contribution in [2.75, 3.05) is 13.1 Å². The van der Waals surface area contributed by atoms with Gasteiger partial charge in [0.15, 0.2) is 0 Å². The molecule has 1 saturated heterocycles. The molecule has 12 heteroatoms. The third-order valence-corrected chi connectivity index (χ3v) is 7.53. The maximum Gasteiger partial charge on any atom is 0.408 e. The van der Waals surface area contributed by atoms with Crippen LogP contribution in [0.15, 0.2) is 12.7 Å². The Morgan fingerprint density at radius 1 is 1.05 bits per heavy atom. The fourth-order valence-electron chi connectivity index (χ4n) is 3.47. The highest BCUT2D eigenvalue weighted by atomic mass is 32.2. The molecule has 0 aromatic heterocycles. The molecule has 0 aromatic carbocycles. The molecule has 1 saturated carbocycles. The Balaban J connectivity index is 0.000000622. The number of hydrogen-bond donors (Lipinski definition) is 3. The molecule has 0 spiro atoms. The van der Waals surface area contributed by atoms with Crippen LogP contribution in [0, 0.1) is 0 Å². The van der Waals surface area contributed by atoms with Gasteiger partial charge in [0.05, 0.1) is 5.25 Å². The molecule has 2 aliphatic rings. The predicted molar refractivity (Wildman–Crippen MR) is 152 cm³/mol. The summed E-state index contributed by atoms with van der Waals surface area (Å²) in [6.45, 7) is 13.3. The summed E-state index contributed by atoms with van der Waals surface area (Å²) < 4.78 is 29.6. The van der Waals surface area contributed by atoms with Gasteiger partial charge in [-0.25, -0.2) is 13.2 Å². The largest absolute Gasteiger partial charge is 0.444 e. The standard InChI is InChI=1S/C12H21N3O4.C8H15NO3S.C7H14/c1-12(2,3)19-11(18)14-7-9(16)15-6-4-5-8(15)10(13)17;1-2-3-4-8(10)9-13(11,12)7-5-6-7;1-3-5-7-6-4-2/h8H,4-7H2,1-3H3,(H2,13,17)(H,14,18);7H,2-6H2,1H3,(H,9,10);3H,1,4-7H2,2H3. The zero-order valence-corrected chi connectivity index (χ0v) is 25.2. The fraction of sp³-hybridized carbons (Fsp3) is 0.778. The molecule has 0 aromatic rings. The van der Waals surface area contributed by atoms with E-state index >= 15 is 0 Å². The minimum atomic E-state index is -3.32. The normalized spacial score (nSPS) is 16.5. The third-order valence-electron chi connectivity index (χ3n) is 5.67. The van der Waals surface area contributed by atoms with Crippen LogP contribution in [0.1, 0.15) is 105 Å². The molecular weight excluding hydrogens is 524 g/mol. The number of rotatable bonds is 12. The molecule has 11 nitrogen and oxygen atoms in total. The smallest absolute Gasteiger partial charge is 0.408 e. The van der Waals surface area contributed by atoms with Crippen molar-refractivity contribution in [1.29, 1.82) is 0 Å². The number of sulfonamides is 1. The number of nitrogens with two attached hydrogens (primary N) is 1. The molecule has 1 atom stereocenters. The highest BCUT2D eigenvalue weighted by Gasteiger charge is 2.36. The number of alkyl carbamates (subject to hydrolysis) is 1. The molecule has 0 radical (unpaired) electrons. The quantitative estimate of drug-likeness (QED) is 0.237. The second-order valence-corrected chi connectivity index (χ2v) is 12.6. The van der Waals surface area contributed by atoms with E-state index in [9.17, 15) is 27.6 Å². The molecule has 1 aliphatic heterocycles. The molecule has 0 bridgehead atoms. The molecule has 226 valence electrons. The van der Waals surface area contributed by atoms with Gasteiger partial charge in [0, 0.05) is 13.0 Å². The number of amides is 4. The number of nitrogens with one attached hydrogen (secondary N) is 2. The average Bonchev–Trinajstić information content (AvgIpc) is 3.59. The molecular formula is C27H50N4O7S. The lowest BCUT2D eigenvalue weighted by Gasteiger charge is -2.23. The van der Waals surface area contributed by atoms with Crippen LogP contribution >= 0.6 is 0 Å². The number of likely N-dealkylation sites (tertiary alicyclic amines) is 1. The van der Waals surface area contributed by atoms with Crippen molar-refractivity contribution in [2.24, 2.45) is 5.73 Å². The van der Waals surface area contributed by atoms with Gasteiger partial charge in [0.2, 0.25) is 27.7 Å². The first-order chi connectivity index (χ1) is 18.2. The number of unbranched alkanes of at least 4 members (excludes halogenated alkanes) is 4. The van der Waals surface area contributed by atoms with E-state index < -0.39 is 33.7 Å². The van der Waals surface area contributed by atoms with E-state index in [2.05, 4.69) is 23.5 Å². The molecule has 39 heavy (non-hydrogen) atoms. The number of ether oxygens (including phenoxy) is 1. The summed E-state index contributed by atoms with van der Waals surface area (Å²) in [5, 5.41) is 2.06. The van der Waals surface area contributed by atoms with E-state index in [1.54, 1.807) is 20.8 Å². The van der Waals surface area contributed by atoms with Gasteiger partial charge in [-0.3, -0.25) is 19.1 Å². The molecule has 2 fully saturated rings. The van der Waals surface area contributed by atoms with Gasteiger partial charge in [0.25, 0.3) is 0 Å². The fourth-order valence-corrected chi connectivity index (χ4v) is 4.81. The van der Waals surface area contributed by atoms with Crippen molar-refractivity contribution < 1.29 is 32.3 Å². The lowest BCUT2D eigenvalue weighted by atomic mass is 10.2. The summed E-state index contributed by atoms with van der Waals surface area (Å²) in [6, 6.07) is -0.562. The number of allylic oxidation sites excluding steroid dienone is 1. The van der Waals surface area contributed by atoms with Gasteiger partial charge in [-0.1, -0.05) is 39.2 Å². The van der Waals surface area contributed by atoms with Gasteiger partial charge in [-0.2, -0.15) is 0 Å². The minimum Gasteiger partial charge on any atom is -0.444 e. The van der Waals surface area contributed by atoms with E-state index in [1.165, 1.54) is 30.6 Å². The number of primary amides is 1. The average molecular weight is 575 g/mol. The van der Waals surface area contributed by atoms with E-state index in [0.29, 0.717) is 32.2 Å². The Kier molecular flexibility index (Phi) is 17.4. The van der Waals surface area contributed by atoms with Gasteiger partial charge in [-0.05, 0) is 65.7 Å². The summed E-state index contributed by atoms with van der Waals surface area (Å²) in [5.74, 6) is -1.20. The van der Waals surface area contributed by atoms with Crippen molar-refractivity contribution in [3.8, 4) is 0 Å². The lowest BCUT2D eigenvalue weighted by Crippen LogP contribution is -2.48. The van der Waals surface area contributed by atoms with Crippen LogP contribution in [-0.2, 0) is 29.1 Å². The Morgan fingerprint density at radius 2 is 1.67 bits per heavy atom. The summed E-state index contributed by atoms with van der Waals surface area (Å²) in [6.07, 6.45) is 11.1. The molecule has 1 aliphatic carbocycles. The van der Waals surface area contributed by atoms with Crippen LogP contribution in [-0.4, -0.2) is 67.1 Å². The molecule has 1 heterocycles. The second kappa shape index (κ2) is 18.6. The van der Waals surface area contributed by atoms with Crippen molar-refractivity contribution in [2.45, 2.75) is 122 Å². The highest BCUT2D eigenvalue weighted by molar-refractivity contribution is 7.90. The van der Waals surface area contributed by atoms with Crippen molar-refractivity contribution in [3.05, 3.63) is 12.7 Å². The molecule has 4 amide bonds. The molecule has 1 unspecified atom stereocenters. The van der Waals surface area contributed by atoms with E-state index in [4.69, 9.17) is 10.5 Å². The van der Waals surface area contributed by atoms with Crippen LogP contribution in [0.3, 0.4) is 0 Å². The Morgan fingerprint density at radius 3 is 2.15 bits per heavy atom.